The summed E-state index contributed by atoms with van der Waals surface area (Å²) in [6.45, 7) is 17.0. The molecule has 2 heteroatoms. The van der Waals surface area contributed by atoms with Gasteiger partial charge in [0.2, 0.25) is 0 Å². The standard InChI is InChI=1S/C18H34BN/c1-10(2)13-9-18(6,11(3)4)12(5)14(13)15-16(19-7)17(15)20-8/h10-13,16-17,19-20H,9H2,1-8H3/b15-14-. The van der Waals surface area contributed by atoms with Crippen molar-refractivity contribution in [3.8, 4) is 0 Å². The topological polar surface area (TPSA) is 12.0 Å². The van der Waals surface area contributed by atoms with Gasteiger partial charge >= 0.3 is 0 Å². The highest BCUT2D eigenvalue weighted by Crippen LogP contribution is 2.61. The molecule has 2 aliphatic carbocycles. The summed E-state index contributed by atoms with van der Waals surface area (Å²) in [5.74, 6) is 3.91. The van der Waals surface area contributed by atoms with Crippen molar-refractivity contribution in [3.63, 3.8) is 0 Å². The third-order valence-corrected chi connectivity index (χ3v) is 6.75. The second-order valence-electron chi connectivity index (χ2n) is 8.13. The third-order valence-electron chi connectivity index (χ3n) is 6.75. The predicted molar refractivity (Wildman–Crippen MR) is 91.7 cm³/mol. The van der Waals surface area contributed by atoms with Crippen molar-refractivity contribution >= 4 is 7.28 Å². The van der Waals surface area contributed by atoms with Crippen LogP contribution in [0.15, 0.2) is 11.1 Å². The molecule has 0 aromatic heterocycles. The molecule has 0 aliphatic heterocycles. The van der Waals surface area contributed by atoms with E-state index in [1.54, 1.807) is 5.57 Å². The maximum absolute atomic E-state index is 3.55. The minimum Gasteiger partial charge on any atom is -0.313 e. The van der Waals surface area contributed by atoms with Crippen molar-refractivity contribution in [2.24, 2.45) is 29.1 Å². The number of hydrogen-bond acceptors (Lipinski definition) is 1. The van der Waals surface area contributed by atoms with Crippen LogP contribution in [-0.4, -0.2) is 20.4 Å². The highest BCUT2D eigenvalue weighted by Gasteiger charge is 2.53. The minimum absolute atomic E-state index is 0.483. The van der Waals surface area contributed by atoms with E-state index in [0.29, 0.717) is 11.5 Å². The van der Waals surface area contributed by atoms with Crippen molar-refractivity contribution in [1.82, 2.24) is 5.32 Å². The van der Waals surface area contributed by atoms with Gasteiger partial charge in [0.1, 0.15) is 7.28 Å². The lowest BCUT2D eigenvalue weighted by Crippen LogP contribution is -2.26. The summed E-state index contributed by atoms with van der Waals surface area (Å²) >= 11 is 0. The van der Waals surface area contributed by atoms with Crippen LogP contribution < -0.4 is 5.32 Å². The van der Waals surface area contributed by atoms with E-state index in [4.69, 9.17) is 0 Å². The molecule has 1 N–H and O–H groups in total. The van der Waals surface area contributed by atoms with Gasteiger partial charge in [-0.3, -0.25) is 0 Å². The smallest absolute Gasteiger partial charge is 0.128 e. The van der Waals surface area contributed by atoms with E-state index >= 15 is 0 Å². The zero-order valence-corrected chi connectivity index (χ0v) is 14.9. The van der Waals surface area contributed by atoms with Gasteiger partial charge in [0.05, 0.1) is 0 Å². The lowest BCUT2D eigenvalue weighted by Gasteiger charge is -2.34. The van der Waals surface area contributed by atoms with Gasteiger partial charge in [-0.2, -0.15) is 0 Å². The normalized spacial score (nSPS) is 44.5. The van der Waals surface area contributed by atoms with Crippen LogP contribution in [0.2, 0.25) is 12.6 Å². The molecular formula is C18H34BN. The van der Waals surface area contributed by atoms with Crippen LogP contribution in [0, 0.1) is 29.1 Å². The first-order valence-corrected chi connectivity index (χ1v) is 8.70. The fourth-order valence-electron chi connectivity index (χ4n) is 4.75. The van der Waals surface area contributed by atoms with E-state index in [2.05, 4.69) is 60.7 Å². The average Bonchev–Trinajstić information content (AvgIpc) is 3.02. The van der Waals surface area contributed by atoms with Gasteiger partial charge in [-0.05, 0) is 48.4 Å². The second kappa shape index (κ2) is 5.52. The summed E-state index contributed by atoms with van der Waals surface area (Å²) in [5.41, 5.74) is 4.10. The van der Waals surface area contributed by atoms with Crippen LogP contribution in [-0.2, 0) is 0 Å². The molecule has 5 atom stereocenters. The van der Waals surface area contributed by atoms with E-state index in [1.165, 1.54) is 13.7 Å². The van der Waals surface area contributed by atoms with Gasteiger partial charge in [0.25, 0.3) is 0 Å². The summed E-state index contributed by atoms with van der Waals surface area (Å²) in [6, 6.07) is 0.674. The zero-order valence-electron chi connectivity index (χ0n) is 14.9. The second-order valence-corrected chi connectivity index (χ2v) is 8.13. The molecule has 20 heavy (non-hydrogen) atoms. The molecule has 0 aromatic carbocycles. The van der Waals surface area contributed by atoms with Gasteiger partial charge in [0.15, 0.2) is 0 Å². The largest absolute Gasteiger partial charge is 0.313 e. The average molecular weight is 275 g/mol. The van der Waals surface area contributed by atoms with Crippen molar-refractivity contribution in [3.05, 3.63) is 11.1 Å². The highest BCUT2D eigenvalue weighted by atomic mass is 14.9. The number of nitrogens with one attached hydrogen (secondary N) is 1. The Morgan fingerprint density at radius 3 is 2.15 bits per heavy atom. The molecule has 114 valence electrons. The molecule has 0 radical (unpaired) electrons. The molecule has 0 spiro atoms. The van der Waals surface area contributed by atoms with Crippen LogP contribution in [0.4, 0.5) is 0 Å². The first-order valence-electron chi connectivity index (χ1n) is 8.70. The third kappa shape index (κ3) is 2.28. The lowest BCUT2D eigenvalue weighted by atomic mass is 9.70. The molecule has 2 rings (SSSR count). The minimum atomic E-state index is 0.483. The number of hydrogen-bond donors (Lipinski definition) is 1. The van der Waals surface area contributed by atoms with Crippen molar-refractivity contribution in [1.29, 1.82) is 0 Å². The zero-order chi connectivity index (χ0) is 15.2. The Morgan fingerprint density at radius 1 is 1.20 bits per heavy atom. The predicted octanol–water partition coefficient (Wildman–Crippen LogP) is 4.13. The summed E-state index contributed by atoms with van der Waals surface area (Å²) in [4.78, 5) is 0. The molecule has 5 unspecified atom stereocenters. The van der Waals surface area contributed by atoms with E-state index in [1.807, 2.05) is 5.57 Å². The lowest BCUT2D eigenvalue weighted by molar-refractivity contribution is 0.160. The Kier molecular flexibility index (Phi) is 4.45. The molecule has 2 saturated carbocycles. The summed E-state index contributed by atoms with van der Waals surface area (Å²) in [6.07, 6.45) is 1.38. The molecule has 0 heterocycles. The van der Waals surface area contributed by atoms with E-state index in [0.717, 1.165) is 29.5 Å². The highest BCUT2D eigenvalue weighted by molar-refractivity contribution is 6.40. The maximum Gasteiger partial charge on any atom is 0.128 e. The van der Waals surface area contributed by atoms with Crippen molar-refractivity contribution in [2.45, 2.75) is 66.6 Å². The Labute approximate surface area is 127 Å². The Bertz CT molecular complexity index is 382. The van der Waals surface area contributed by atoms with Crippen LogP contribution in [0.1, 0.15) is 48.0 Å². The number of likely N-dealkylation sites (N-methyl/N-ethyl adjacent to an activating group) is 1. The molecule has 0 amide bonds. The summed E-state index contributed by atoms with van der Waals surface area (Å²) in [5, 5.41) is 3.55. The first-order chi connectivity index (χ1) is 9.29. The monoisotopic (exact) mass is 275 g/mol. The molecule has 0 saturated heterocycles. The Morgan fingerprint density at radius 2 is 1.80 bits per heavy atom. The summed E-state index contributed by atoms with van der Waals surface area (Å²) < 4.78 is 0. The van der Waals surface area contributed by atoms with E-state index in [-0.39, 0.29) is 0 Å². The van der Waals surface area contributed by atoms with Crippen LogP contribution >= 0.6 is 0 Å². The molecular weight excluding hydrogens is 241 g/mol. The van der Waals surface area contributed by atoms with Crippen LogP contribution in [0.25, 0.3) is 0 Å². The quantitative estimate of drug-likeness (QED) is 0.601. The maximum atomic E-state index is 3.55. The van der Waals surface area contributed by atoms with E-state index < -0.39 is 0 Å². The fraction of sp³-hybridized carbons (Fsp3) is 0.889. The van der Waals surface area contributed by atoms with Gasteiger partial charge in [-0.1, -0.05) is 59.5 Å². The molecule has 2 fully saturated rings. The van der Waals surface area contributed by atoms with Crippen molar-refractivity contribution < 1.29 is 0 Å². The molecule has 1 nitrogen and oxygen atoms in total. The van der Waals surface area contributed by atoms with Crippen LogP contribution in [0.5, 0.6) is 0 Å². The van der Waals surface area contributed by atoms with Crippen molar-refractivity contribution in [2.75, 3.05) is 7.05 Å². The van der Waals surface area contributed by atoms with Gasteiger partial charge in [-0.15, -0.1) is 0 Å². The Hall–Kier alpha value is -0.235. The molecule has 0 bridgehead atoms. The van der Waals surface area contributed by atoms with Crippen LogP contribution in [0.3, 0.4) is 0 Å². The number of allylic oxidation sites excluding steroid dienone is 1. The van der Waals surface area contributed by atoms with Gasteiger partial charge in [0, 0.05) is 6.04 Å². The molecule has 0 aromatic rings. The van der Waals surface area contributed by atoms with Gasteiger partial charge < -0.3 is 5.32 Å². The van der Waals surface area contributed by atoms with E-state index in [9.17, 15) is 0 Å². The summed E-state index contributed by atoms with van der Waals surface area (Å²) in [7, 11) is 3.42. The fourth-order valence-corrected chi connectivity index (χ4v) is 4.75. The SMILES string of the molecule is CBC1/C(=C2/C(C(C)C)CC(C)(C(C)C)C2C)C1NC. The Balaban J connectivity index is 2.43. The molecule has 2 aliphatic rings. The number of rotatable bonds is 4. The first kappa shape index (κ1) is 16.1. The van der Waals surface area contributed by atoms with Gasteiger partial charge in [-0.25, -0.2) is 0 Å².